The summed E-state index contributed by atoms with van der Waals surface area (Å²) in [6, 6.07) is 3.51. The van der Waals surface area contributed by atoms with Crippen LogP contribution in [0.25, 0.3) is 10.9 Å². The second-order valence-electron chi connectivity index (χ2n) is 7.48. The minimum Gasteiger partial charge on any atom is -0.480 e. The number of piperazine rings is 1. The smallest absolute Gasteiger partial charge is 0.325 e. The van der Waals surface area contributed by atoms with Crippen molar-refractivity contribution in [1.29, 1.82) is 0 Å². The molecule has 29 heavy (non-hydrogen) atoms. The highest BCUT2D eigenvalue weighted by atomic mass is 19.1. The largest absolute Gasteiger partial charge is 0.480 e. The normalized spacial score (nSPS) is 20.1. The molecule has 2 aliphatic heterocycles. The molecule has 9 heteroatoms. The van der Waals surface area contributed by atoms with Crippen molar-refractivity contribution in [1.82, 2.24) is 19.7 Å². The van der Waals surface area contributed by atoms with Crippen LogP contribution in [0.3, 0.4) is 0 Å². The first-order valence-corrected chi connectivity index (χ1v) is 9.84. The van der Waals surface area contributed by atoms with Gasteiger partial charge in [-0.15, -0.1) is 0 Å². The zero-order valence-corrected chi connectivity index (χ0v) is 16.1. The second-order valence-corrected chi connectivity index (χ2v) is 7.48. The molecule has 1 unspecified atom stereocenters. The van der Waals surface area contributed by atoms with E-state index in [0.29, 0.717) is 75.5 Å². The van der Waals surface area contributed by atoms with Crippen molar-refractivity contribution in [2.75, 3.05) is 59.0 Å². The van der Waals surface area contributed by atoms with Crippen molar-refractivity contribution in [3.05, 3.63) is 35.8 Å². The standard InChI is InChI=1S/C20H25FN4O4/c21-14-1-2-15-16(12-22-17(15)11-14)19(20(27)28)25-5-3-23(4-6-25)13-18(26)24-7-9-29-10-8-24/h1-2,11-12,19,22H,3-10,13H2,(H,27,28). The lowest BCUT2D eigenvalue weighted by atomic mass is 10.0. The number of carboxylic acids is 1. The first-order chi connectivity index (χ1) is 14.0. The van der Waals surface area contributed by atoms with E-state index in [1.165, 1.54) is 12.1 Å². The Bertz CT molecular complexity index is 888. The fourth-order valence-corrected chi connectivity index (χ4v) is 4.12. The Morgan fingerprint density at radius 3 is 2.55 bits per heavy atom. The van der Waals surface area contributed by atoms with E-state index in [1.807, 2.05) is 9.80 Å². The van der Waals surface area contributed by atoms with Gasteiger partial charge in [-0.1, -0.05) is 0 Å². The number of H-pyrrole nitrogens is 1. The maximum Gasteiger partial charge on any atom is 0.325 e. The number of amides is 1. The fourth-order valence-electron chi connectivity index (χ4n) is 4.12. The summed E-state index contributed by atoms with van der Waals surface area (Å²) in [5, 5.41) is 10.6. The SMILES string of the molecule is O=C(O)C(c1c[nH]c2cc(F)ccc12)N1CCN(CC(=O)N2CCOCC2)CC1. The van der Waals surface area contributed by atoms with Gasteiger partial charge < -0.3 is 19.7 Å². The number of halogens is 1. The summed E-state index contributed by atoms with van der Waals surface area (Å²) >= 11 is 0. The zero-order valence-electron chi connectivity index (χ0n) is 16.1. The third kappa shape index (κ3) is 4.26. The Labute approximate surface area is 167 Å². The Kier molecular flexibility index (Phi) is 5.79. The van der Waals surface area contributed by atoms with Crippen LogP contribution >= 0.6 is 0 Å². The topological polar surface area (TPSA) is 89.1 Å². The number of fused-ring (bicyclic) bond motifs is 1. The molecule has 2 aromatic rings. The molecule has 4 rings (SSSR count). The van der Waals surface area contributed by atoms with E-state index in [4.69, 9.17) is 4.74 Å². The number of aromatic nitrogens is 1. The van der Waals surface area contributed by atoms with Gasteiger partial charge in [0.25, 0.3) is 0 Å². The number of aromatic amines is 1. The van der Waals surface area contributed by atoms with Crippen LogP contribution in [0.2, 0.25) is 0 Å². The van der Waals surface area contributed by atoms with Gasteiger partial charge in [0.05, 0.1) is 19.8 Å². The second kappa shape index (κ2) is 8.48. The summed E-state index contributed by atoms with van der Waals surface area (Å²) in [7, 11) is 0. The molecule has 0 spiro atoms. The highest BCUT2D eigenvalue weighted by Crippen LogP contribution is 2.30. The molecule has 2 aliphatic rings. The first-order valence-electron chi connectivity index (χ1n) is 9.84. The third-order valence-corrected chi connectivity index (χ3v) is 5.70. The van der Waals surface area contributed by atoms with E-state index in [0.717, 1.165) is 0 Å². The molecule has 0 radical (unpaired) electrons. The van der Waals surface area contributed by atoms with Gasteiger partial charge in [0.15, 0.2) is 0 Å². The number of ether oxygens (including phenoxy) is 1. The van der Waals surface area contributed by atoms with Gasteiger partial charge in [-0.2, -0.15) is 0 Å². The molecule has 1 aromatic carbocycles. The Hall–Kier alpha value is -2.49. The van der Waals surface area contributed by atoms with Crippen molar-refractivity contribution in [2.45, 2.75) is 6.04 Å². The van der Waals surface area contributed by atoms with Gasteiger partial charge in [-0.05, 0) is 18.2 Å². The highest BCUT2D eigenvalue weighted by Gasteiger charge is 2.33. The molecule has 3 heterocycles. The monoisotopic (exact) mass is 404 g/mol. The zero-order chi connectivity index (χ0) is 20.4. The average molecular weight is 404 g/mol. The number of morpholine rings is 1. The van der Waals surface area contributed by atoms with Crippen LogP contribution in [0, 0.1) is 5.82 Å². The Morgan fingerprint density at radius 1 is 1.14 bits per heavy atom. The average Bonchev–Trinajstić information content (AvgIpc) is 3.12. The van der Waals surface area contributed by atoms with E-state index in [1.54, 1.807) is 12.3 Å². The molecule has 0 aliphatic carbocycles. The predicted molar refractivity (Wildman–Crippen MR) is 104 cm³/mol. The van der Waals surface area contributed by atoms with Crippen LogP contribution in [0.5, 0.6) is 0 Å². The summed E-state index contributed by atoms with van der Waals surface area (Å²) in [5.41, 5.74) is 1.21. The molecule has 0 bridgehead atoms. The van der Waals surface area contributed by atoms with Crippen LogP contribution < -0.4 is 0 Å². The number of carboxylic acid groups (broad SMARTS) is 1. The number of carbonyl (C=O) groups is 2. The fraction of sp³-hybridized carbons (Fsp3) is 0.500. The van der Waals surface area contributed by atoms with Crippen LogP contribution in [0.15, 0.2) is 24.4 Å². The quantitative estimate of drug-likeness (QED) is 0.770. The van der Waals surface area contributed by atoms with Crippen LogP contribution in [0.1, 0.15) is 11.6 Å². The maximum absolute atomic E-state index is 13.5. The van der Waals surface area contributed by atoms with Crippen LogP contribution in [-0.4, -0.2) is 95.7 Å². The first kappa shape index (κ1) is 19.8. The lowest BCUT2D eigenvalue weighted by molar-refractivity contribution is -0.145. The molecule has 0 saturated carbocycles. The van der Waals surface area contributed by atoms with Crippen LogP contribution in [-0.2, 0) is 14.3 Å². The number of nitrogens with zero attached hydrogens (tertiary/aromatic N) is 3. The van der Waals surface area contributed by atoms with Crippen LogP contribution in [0.4, 0.5) is 4.39 Å². The Balaban J connectivity index is 1.41. The minimum atomic E-state index is -0.937. The molecule has 2 fully saturated rings. The molecule has 156 valence electrons. The number of benzene rings is 1. The highest BCUT2D eigenvalue weighted by molar-refractivity contribution is 5.89. The van der Waals surface area contributed by atoms with Crippen molar-refractivity contribution in [3.63, 3.8) is 0 Å². The van der Waals surface area contributed by atoms with Gasteiger partial charge in [0.2, 0.25) is 5.91 Å². The summed E-state index contributed by atoms with van der Waals surface area (Å²) in [6.45, 7) is 5.08. The van der Waals surface area contributed by atoms with Crippen molar-refractivity contribution < 1.29 is 23.8 Å². The van der Waals surface area contributed by atoms with E-state index >= 15 is 0 Å². The maximum atomic E-state index is 13.5. The van der Waals surface area contributed by atoms with Crippen molar-refractivity contribution in [3.8, 4) is 0 Å². The predicted octanol–water partition coefficient (Wildman–Crippen LogP) is 0.909. The van der Waals surface area contributed by atoms with Crippen molar-refractivity contribution in [2.24, 2.45) is 0 Å². The lowest BCUT2D eigenvalue weighted by Crippen LogP contribution is -2.52. The van der Waals surface area contributed by atoms with Gasteiger partial charge in [-0.3, -0.25) is 19.4 Å². The van der Waals surface area contributed by atoms with E-state index in [-0.39, 0.29) is 11.7 Å². The summed E-state index contributed by atoms with van der Waals surface area (Å²) in [6.07, 6.45) is 1.65. The van der Waals surface area contributed by atoms with Gasteiger partial charge in [0.1, 0.15) is 11.9 Å². The number of hydrogen-bond donors (Lipinski definition) is 2. The molecule has 1 amide bonds. The van der Waals surface area contributed by atoms with Gasteiger partial charge in [0, 0.05) is 61.9 Å². The number of carbonyl (C=O) groups excluding carboxylic acids is 1. The number of hydrogen-bond acceptors (Lipinski definition) is 5. The molecule has 8 nitrogen and oxygen atoms in total. The summed E-state index contributed by atoms with van der Waals surface area (Å²) in [4.78, 5) is 33.3. The third-order valence-electron chi connectivity index (χ3n) is 5.70. The molecular weight excluding hydrogens is 379 g/mol. The van der Waals surface area contributed by atoms with Gasteiger partial charge in [-0.25, -0.2) is 4.39 Å². The molecule has 1 atom stereocenters. The van der Waals surface area contributed by atoms with E-state index in [2.05, 4.69) is 9.88 Å². The molecule has 2 saturated heterocycles. The Morgan fingerprint density at radius 2 is 1.86 bits per heavy atom. The number of nitrogens with one attached hydrogen (secondary N) is 1. The van der Waals surface area contributed by atoms with E-state index < -0.39 is 12.0 Å². The molecular formula is C20H25FN4O4. The molecule has 1 aromatic heterocycles. The number of rotatable bonds is 5. The lowest BCUT2D eigenvalue weighted by Gasteiger charge is -2.38. The summed E-state index contributed by atoms with van der Waals surface area (Å²) in [5.74, 6) is -1.21. The van der Waals surface area contributed by atoms with Gasteiger partial charge >= 0.3 is 5.97 Å². The molecule has 2 N–H and O–H groups in total. The van der Waals surface area contributed by atoms with Crippen molar-refractivity contribution >= 4 is 22.8 Å². The minimum absolute atomic E-state index is 0.0928. The van der Waals surface area contributed by atoms with E-state index in [9.17, 15) is 19.1 Å². The summed E-state index contributed by atoms with van der Waals surface area (Å²) < 4.78 is 18.7. The number of aliphatic carboxylic acids is 1.